The normalized spacial score (nSPS) is 25.9. The van der Waals surface area contributed by atoms with E-state index in [1.165, 1.54) is 5.47 Å². The summed E-state index contributed by atoms with van der Waals surface area (Å²) in [5.41, 5.74) is 0.0888. The number of nitrogens with zero attached hydrogens (tertiary/aromatic N) is 1. The Morgan fingerprint density at radius 3 is 2.36 bits per heavy atom. The minimum absolute atomic E-state index is 0.179. The Bertz CT molecular complexity index is 520. The lowest BCUT2D eigenvalue weighted by Crippen LogP contribution is -2.41. The topological polar surface area (TPSA) is 48.0 Å². The smallest absolute Gasteiger partial charge is 0.459 e. The maximum absolute atomic E-state index is 12.1. The number of esters is 1. The molecular weight excluding hydrogens is 317 g/mol. The zero-order chi connectivity index (χ0) is 19.0. The highest BCUT2D eigenvalue weighted by molar-refractivity contribution is 6.54. The van der Waals surface area contributed by atoms with Gasteiger partial charge < -0.3 is 14.0 Å². The second kappa shape index (κ2) is 7.05. The van der Waals surface area contributed by atoms with Crippen molar-refractivity contribution in [2.45, 2.75) is 90.6 Å². The minimum atomic E-state index is -0.446. The second-order valence-electron chi connectivity index (χ2n) is 9.30. The van der Waals surface area contributed by atoms with E-state index < -0.39 is 5.60 Å². The molecule has 0 spiro atoms. The predicted octanol–water partition coefficient (Wildman–Crippen LogP) is 3.37. The molecule has 0 saturated carbocycles. The van der Waals surface area contributed by atoms with E-state index in [0.29, 0.717) is 12.6 Å². The first kappa shape index (κ1) is 20.5. The van der Waals surface area contributed by atoms with Crippen LogP contribution in [0.25, 0.3) is 0 Å². The summed E-state index contributed by atoms with van der Waals surface area (Å²) in [4.78, 5) is 14.2. The Morgan fingerprint density at radius 1 is 1.28 bits per heavy atom. The third-order valence-electron chi connectivity index (χ3n) is 5.36. The van der Waals surface area contributed by atoms with E-state index in [1.54, 1.807) is 0 Å². The van der Waals surface area contributed by atoms with Crippen molar-refractivity contribution in [3.63, 3.8) is 0 Å². The lowest BCUT2D eigenvalue weighted by molar-refractivity contribution is -0.156. The van der Waals surface area contributed by atoms with Gasteiger partial charge in [-0.2, -0.15) is 0 Å². The van der Waals surface area contributed by atoms with E-state index in [2.05, 4.69) is 38.7 Å². The monoisotopic (exact) mass is 351 g/mol. The predicted molar refractivity (Wildman–Crippen MR) is 100 cm³/mol. The SMILES string of the molecule is CN(CC(=O)OC(C)(C)C)C1CCC=C(B2OC(C)(C)C(C)(C)O2)C1. The molecule has 6 heteroatoms. The quantitative estimate of drug-likeness (QED) is 0.574. The molecule has 1 heterocycles. The average molecular weight is 351 g/mol. The van der Waals surface area contributed by atoms with E-state index in [0.717, 1.165) is 19.3 Å². The lowest BCUT2D eigenvalue weighted by Gasteiger charge is -2.32. The van der Waals surface area contributed by atoms with Gasteiger partial charge >= 0.3 is 13.1 Å². The van der Waals surface area contributed by atoms with Crippen molar-refractivity contribution in [1.29, 1.82) is 0 Å². The van der Waals surface area contributed by atoms with Crippen LogP contribution in [0.2, 0.25) is 0 Å². The summed E-state index contributed by atoms with van der Waals surface area (Å²) in [6.45, 7) is 14.3. The highest BCUT2D eigenvalue weighted by atomic mass is 16.7. The molecule has 1 aliphatic heterocycles. The number of carbonyl (C=O) groups excluding carboxylic acids is 1. The average Bonchev–Trinajstić information content (AvgIpc) is 2.65. The van der Waals surface area contributed by atoms with Gasteiger partial charge in [-0.05, 0) is 80.2 Å². The molecule has 0 bridgehead atoms. The summed E-state index contributed by atoms with van der Waals surface area (Å²) in [5.74, 6) is -0.179. The summed E-state index contributed by atoms with van der Waals surface area (Å²) in [6.07, 6.45) is 5.10. The first-order valence-electron chi connectivity index (χ1n) is 9.27. The third kappa shape index (κ3) is 5.08. The molecule has 25 heavy (non-hydrogen) atoms. The van der Waals surface area contributed by atoms with Crippen LogP contribution < -0.4 is 0 Å². The first-order chi connectivity index (χ1) is 11.3. The van der Waals surface area contributed by atoms with Crippen molar-refractivity contribution in [2.75, 3.05) is 13.6 Å². The van der Waals surface area contributed by atoms with Crippen LogP contribution in [0, 0.1) is 0 Å². The minimum Gasteiger partial charge on any atom is -0.459 e. The van der Waals surface area contributed by atoms with Crippen LogP contribution in [-0.2, 0) is 18.8 Å². The van der Waals surface area contributed by atoms with Gasteiger partial charge in [0.05, 0.1) is 17.7 Å². The molecule has 1 atom stereocenters. The summed E-state index contributed by atoms with van der Waals surface area (Å²) in [5, 5.41) is 0. The molecule has 0 amide bonds. The Labute approximate surface area is 153 Å². The van der Waals surface area contributed by atoms with Crippen molar-refractivity contribution in [3.05, 3.63) is 11.5 Å². The Morgan fingerprint density at radius 2 is 1.84 bits per heavy atom. The van der Waals surface area contributed by atoms with Crippen LogP contribution in [0.1, 0.15) is 67.7 Å². The zero-order valence-electron chi connectivity index (χ0n) is 17.1. The molecular formula is C19H34BNO4. The highest BCUT2D eigenvalue weighted by Crippen LogP contribution is 2.40. The molecule has 0 aromatic heterocycles. The van der Waals surface area contributed by atoms with Crippen molar-refractivity contribution in [3.8, 4) is 0 Å². The number of hydrogen-bond donors (Lipinski definition) is 0. The number of likely N-dealkylation sites (N-methyl/N-ethyl adjacent to an activating group) is 1. The molecule has 1 aliphatic carbocycles. The highest BCUT2D eigenvalue weighted by Gasteiger charge is 2.52. The molecule has 0 radical (unpaired) electrons. The molecule has 0 aromatic rings. The largest absolute Gasteiger partial charge is 0.490 e. The van der Waals surface area contributed by atoms with Crippen molar-refractivity contribution < 1.29 is 18.8 Å². The van der Waals surface area contributed by atoms with Gasteiger partial charge in [0, 0.05) is 6.04 Å². The standard InChI is InChI=1S/C19H34BNO4/c1-17(2,3)23-16(22)13-21(8)15-11-9-10-14(12-15)20-24-18(4,5)19(6,7)25-20/h10,15H,9,11-13H2,1-8H3. The summed E-state index contributed by atoms with van der Waals surface area (Å²) in [6, 6.07) is 0.298. The van der Waals surface area contributed by atoms with Gasteiger partial charge in [-0.3, -0.25) is 9.69 Å². The lowest BCUT2D eigenvalue weighted by atomic mass is 9.71. The Balaban J connectivity index is 1.95. The summed E-state index contributed by atoms with van der Waals surface area (Å²) in [7, 11) is 1.70. The second-order valence-corrected chi connectivity index (χ2v) is 9.30. The first-order valence-corrected chi connectivity index (χ1v) is 9.27. The Hall–Kier alpha value is -0.845. The zero-order valence-corrected chi connectivity index (χ0v) is 17.1. The summed E-state index contributed by atoms with van der Waals surface area (Å²) >= 11 is 0. The van der Waals surface area contributed by atoms with Gasteiger partial charge in [-0.1, -0.05) is 6.08 Å². The molecule has 0 aromatic carbocycles. The number of ether oxygens (including phenoxy) is 1. The molecule has 142 valence electrons. The van der Waals surface area contributed by atoms with Crippen LogP contribution in [0.15, 0.2) is 11.5 Å². The molecule has 1 saturated heterocycles. The molecule has 0 N–H and O–H groups in total. The fraction of sp³-hybridized carbons (Fsp3) is 0.842. The maximum atomic E-state index is 12.1. The molecule has 5 nitrogen and oxygen atoms in total. The van der Waals surface area contributed by atoms with Crippen LogP contribution in [0.4, 0.5) is 0 Å². The van der Waals surface area contributed by atoms with E-state index in [4.69, 9.17) is 14.0 Å². The summed E-state index contributed by atoms with van der Waals surface area (Å²) < 4.78 is 17.8. The fourth-order valence-electron chi connectivity index (χ4n) is 3.19. The van der Waals surface area contributed by atoms with Gasteiger partial charge in [-0.25, -0.2) is 0 Å². The number of hydrogen-bond acceptors (Lipinski definition) is 5. The van der Waals surface area contributed by atoms with Gasteiger partial charge in [0.1, 0.15) is 5.60 Å². The van der Waals surface area contributed by atoms with E-state index in [9.17, 15) is 4.79 Å². The number of allylic oxidation sites excluding steroid dienone is 1. The van der Waals surface area contributed by atoms with E-state index in [1.807, 2.05) is 27.8 Å². The molecule has 1 unspecified atom stereocenters. The molecule has 2 aliphatic rings. The van der Waals surface area contributed by atoms with Crippen LogP contribution in [-0.4, -0.2) is 54.4 Å². The van der Waals surface area contributed by atoms with Gasteiger partial charge in [-0.15, -0.1) is 0 Å². The maximum Gasteiger partial charge on any atom is 0.490 e. The van der Waals surface area contributed by atoms with Gasteiger partial charge in [0.25, 0.3) is 0 Å². The van der Waals surface area contributed by atoms with Crippen LogP contribution >= 0.6 is 0 Å². The third-order valence-corrected chi connectivity index (χ3v) is 5.36. The van der Waals surface area contributed by atoms with Crippen LogP contribution in [0.3, 0.4) is 0 Å². The van der Waals surface area contributed by atoms with Crippen LogP contribution in [0.5, 0.6) is 0 Å². The van der Waals surface area contributed by atoms with E-state index in [-0.39, 0.29) is 24.3 Å². The fourth-order valence-corrected chi connectivity index (χ4v) is 3.19. The number of rotatable bonds is 4. The molecule has 2 rings (SSSR count). The Kier molecular flexibility index (Phi) is 5.77. The number of carbonyl (C=O) groups is 1. The van der Waals surface area contributed by atoms with Crippen molar-refractivity contribution in [1.82, 2.24) is 4.90 Å². The van der Waals surface area contributed by atoms with Crippen molar-refractivity contribution >= 4 is 13.1 Å². The van der Waals surface area contributed by atoms with Crippen molar-refractivity contribution in [2.24, 2.45) is 0 Å². The van der Waals surface area contributed by atoms with E-state index >= 15 is 0 Å². The van der Waals surface area contributed by atoms with Gasteiger partial charge in [0.2, 0.25) is 0 Å². The van der Waals surface area contributed by atoms with Gasteiger partial charge in [0.15, 0.2) is 0 Å². The molecule has 1 fully saturated rings.